The Balaban J connectivity index is 3.02. The third-order valence-corrected chi connectivity index (χ3v) is 4.56. The van der Waals surface area contributed by atoms with Crippen molar-refractivity contribution in [2.24, 2.45) is 5.73 Å². The zero-order valence-corrected chi connectivity index (χ0v) is 22.1. The van der Waals surface area contributed by atoms with Crippen molar-refractivity contribution < 1.29 is 37.8 Å². The molecule has 36 heavy (non-hydrogen) atoms. The van der Waals surface area contributed by atoms with E-state index in [0.717, 1.165) is 6.07 Å². The minimum Gasteiger partial charge on any atom is -0.469 e. The number of methoxy groups -OCH3 is 1. The maximum atomic E-state index is 14.6. The largest absolute Gasteiger partial charge is 0.469 e. The van der Waals surface area contributed by atoms with Gasteiger partial charge >= 0.3 is 18.0 Å². The Morgan fingerprint density at radius 1 is 1.06 bits per heavy atom. The summed E-state index contributed by atoms with van der Waals surface area (Å²) in [6.07, 6.45) is -0.676. The second-order valence-electron chi connectivity index (χ2n) is 10.2. The smallest absolute Gasteiger partial charge is 0.407 e. The van der Waals surface area contributed by atoms with Crippen molar-refractivity contribution in [1.29, 1.82) is 0 Å². The van der Waals surface area contributed by atoms with Gasteiger partial charge in [-0.25, -0.2) is 14.0 Å². The van der Waals surface area contributed by atoms with Crippen LogP contribution in [-0.4, -0.2) is 66.3 Å². The number of ether oxygens (including phenoxy) is 3. The highest BCUT2D eigenvalue weighted by atomic mass is 19.1. The van der Waals surface area contributed by atoms with E-state index in [1.807, 2.05) is 0 Å². The summed E-state index contributed by atoms with van der Waals surface area (Å²) < 4.78 is 29.7. The number of hydrogen-bond donors (Lipinski definition) is 2. The second kappa shape index (κ2) is 13.2. The van der Waals surface area contributed by atoms with E-state index in [-0.39, 0.29) is 37.2 Å². The van der Waals surface area contributed by atoms with Gasteiger partial charge in [-0.2, -0.15) is 0 Å². The summed E-state index contributed by atoms with van der Waals surface area (Å²) in [7, 11) is 1.18. The van der Waals surface area contributed by atoms with Gasteiger partial charge < -0.3 is 30.2 Å². The average Bonchev–Trinajstić information content (AvgIpc) is 2.73. The first-order valence-electron chi connectivity index (χ1n) is 11.6. The Bertz CT molecular complexity index is 939. The van der Waals surface area contributed by atoms with Crippen LogP contribution < -0.4 is 11.1 Å². The number of esters is 2. The molecule has 10 nitrogen and oxygen atoms in total. The van der Waals surface area contributed by atoms with E-state index in [0.29, 0.717) is 6.42 Å². The summed E-state index contributed by atoms with van der Waals surface area (Å²) in [5, 5.41) is 2.59. The highest BCUT2D eigenvalue weighted by molar-refractivity contribution is 5.90. The van der Waals surface area contributed by atoms with Crippen molar-refractivity contribution in [2.45, 2.75) is 78.2 Å². The lowest BCUT2D eigenvalue weighted by molar-refractivity contribution is -0.144. The van der Waals surface area contributed by atoms with Crippen molar-refractivity contribution in [1.82, 2.24) is 10.2 Å². The van der Waals surface area contributed by atoms with Gasteiger partial charge in [0.25, 0.3) is 0 Å². The lowest BCUT2D eigenvalue weighted by Crippen LogP contribution is -2.45. The third-order valence-electron chi connectivity index (χ3n) is 4.56. The molecule has 1 rings (SSSR count). The number of hydrogen-bond acceptors (Lipinski definition) is 8. The molecule has 0 saturated carbocycles. The quantitative estimate of drug-likeness (QED) is 0.278. The van der Waals surface area contributed by atoms with Crippen LogP contribution in [0.15, 0.2) is 18.2 Å². The van der Waals surface area contributed by atoms with Crippen molar-refractivity contribution in [2.75, 3.05) is 20.2 Å². The number of rotatable bonds is 10. The van der Waals surface area contributed by atoms with Gasteiger partial charge in [0.05, 0.1) is 25.1 Å². The molecule has 11 heteroatoms. The van der Waals surface area contributed by atoms with E-state index in [4.69, 9.17) is 15.2 Å². The molecule has 0 unspecified atom stereocenters. The van der Waals surface area contributed by atoms with Gasteiger partial charge in [-0.1, -0.05) is 0 Å². The van der Waals surface area contributed by atoms with Crippen molar-refractivity contribution >= 4 is 23.9 Å². The van der Waals surface area contributed by atoms with Crippen LogP contribution >= 0.6 is 0 Å². The Morgan fingerprint density at radius 3 is 2.22 bits per heavy atom. The van der Waals surface area contributed by atoms with Crippen molar-refractivity contribution in [3.63, 3.8) is 0 Å². The number of benzene rings is 1. The molecule has 1 aromatic rings. The summed E-state index contributed by atoms with van der Waals surface area (Å²) >= 11 is 0. The molecule has 0 aromatic heterocycles. The fourth-order valence-corrected chi connectivity index (χ4v) is 2.99. The number of nitrogens with one attached hydrogen (secondary N) is 1. The molecule has 0 aliphatic heterocycles. The summed E-state index contributed by atoms with van der Waals surface area (Å²) in [4.78, 5) is 50.2. The second-order valence-corrected chi connectivity index (χ2v) is 10.2. The first-order valence-corrected chi connectivity index (χ1v) is 11.6. The predicted molar refractivity (Wildman–Crippen MR) is 130 cm³/mol. The molecule has 0 aliphatic carbocycles. The third kappa shape index (κ3) is 11.5. The number of carbonyl (C=O) groups is 4. The first-order chi connectivity index (χ1) is 16.5. The van der Waals surface area contributed by atoms with Crippen LogP contribution in [0.25, 0.3) is 0 Å². The van der Waals surface area contributed by atoms with E-state index < -0.39 is 47.0 Å². The van der Waals surface area contributed by atoms with Gasteiger partial charge in [-0.15, -0.1) is 0 Å². The minimum absolute atomic E-state index is 0.0667. The Morgan fingerprint density at radius 2 is 1.67 bits per heavy atom. The monoisotopic (exact) mass is 511 g/mol. The maximum absolute atomic E-state index is 14.6. The zero-order chi connectivity index (χ0) is 27.7. The van der Waals surface area contributed by atoms with Gasteiger partial charge in [-0.3, -0.25) is 9.59 Å². The lowest BCUT2D eigenvalue weighted by Gasteiger charge is -2.26. The molecule has 0 aliphatic rings. The van der Waals surface area contributed by atoms with Crippen molar-refractivity contribution in [3.8, 4) is 0 Å². The minimum atomic E-state index is -1.21. The fourth-order valence-electron chi connectivity index (χ4n) is 2.99. The number of alkyl carbamates (subject to hydrolysis) is 1. The van der Waals surface area contributed by atoms with E-state index in [2.05, 4.69) is 10.1 Å². The number of nitrogens with zero attached hydrogens (tertiary/aromatic N) is 1. The van der Waals surface area contributed by atoms with E-state index in [1.54, 1.807) is 41.5 Å². The summed E-state index contributed by atoms with van der Waals surface area (Å²) in [6, 6.07) is 2.52. The molecule has 0 spiro atoms. The summed E-state index contributed by atoms with van der Waals surface area (Å²) in [5.41, 5.74) is 4.69. The van der Waals surface area contributed by atoms with Crippen LogP contribution in [0, 0.1) is 5.82 Å². The van der Waals surface area contributed by atoms with Gasteiger partial charge in [0.15, 0.2) is 0 Å². The Labute approximate surface area is 211 Å². The highest BCUT2D eigenvalue weighted by Crippen LogP contribution is 2.18. The summed E-state index contributed by atoms with van der Waals surface area (Å²) in [5.74, 6) is -2.54. The molecule has 1 atom stereocenters. The molecule has 0 radical (unpaired) electrons. The predicted octanol–water partition coefficient (Wildman–Crippen LogP) is 2.91. The topological polar surface area (TPSA) is 137 Å². The average molecular weight is 512 g/mol. The van der Waals surface area contributed by atoms with Gasteiger partial charge in [0.2, 0.25) is 5.91 Å². The molecule has 2 amide bonds. The SMILES string of the molecule is COC(=O)C[C@H](N)C(=O)N(CCCNC(=O)OC(C)(C)C)Cc1cc(C(=O)OC(C)(C)C)ccc1F. The van der Waals surface area contributed by atoms with Crippen LogP contribution in [0.5, 0.6) is 0 Å². The normalized spacial score (nSPS) is 12.4. The molecular formula is C25H38FN3O7. The standard InChI is InChI=1S/C25H38FN3O7/c1-24(2,3)35-22(32)16-9-10-18(26)17(13-16)15-29(21(31)19(27)14-20(30)34-7)12-8-11-28-23(33)36-25(4,5)6/h9-10,13,19H,8,11-12,14-15,27H2,1-7H3,(H,28,33)/t19-/m0/s1. The molecular weight excluding hydrogens is 473 g/mol. The molecule has 0 saturated heterocycles. The molecule has 0 bridgehead atoms. The number of nitrogens with two attached hydrogens (primary N) is 1. The van der Waals surface area contributed by atoms with Gasteiger partial charge in [-0.05, 0) is 66.2 Å². The van der Waals surface area contributed by atoms with Crippen molar-refractivity contribution in [3.05, 3.63) is 35.1 Å². The first kappa shape index (κ1) is 30.8. The van der Waals surface area contributed by atoms with Gasteiger partial charge in [0, 0.05) is 25.2 Å². The zero-order valence-electron chi connectivity index (χ0n) is 22.1. The van der Waals surface area contributed by atoms with Crippen LogP contribution in [0.4, 0.5) is 9.18 Å². The maximum Gasteiger partial charge on any atom is 0.407 e. The molecule has 0 heterocycles. The molecule has 0 fully saturated rings. The van der Waals surface area contributed by atoms with Crippen LogP contribution in [0.1, 0.15) is 70.3 Å². The fraction of sp³-hybridized carbons (Fsp3) is 0.600. The van der Waals surface area contributed by atoms with Crippen LogP contribution in [-0.2, 0) is 30.3 Å². The molecule has 3 N–H and O–H groups in total. The highest BCUT2D eigenvalue weighted by Gasteiger charge is 2.26. The van der Waals surface area contributed by atoms with Crippen LogP contribution in [0.3, 0.4) is 0 Å². The summed E-state index contributed by atoms with van der Waals surface area (Å²) in [6.45, 7) is 10.4. The van der Waals surface area contributed by atoms with Gasteiger partial charge in [0.1, 0.15) is 17.0 Å². The number of carbonyl (C=O) groups excluding carboxylic acids is 4. The number of amides is 2. The van der Waals surface area contributed by atoms with E-state index in [9.17, 15) is 23.6 Å². The Hall–Kier alpha value is -3.21. The lowest BCUT2D eigenvalue weighted by atomic mass is 10.1. The molecule has 202 valence electrons. The Kier molecular flexibility index (Phi) is 11.3. The van der Waals surface area contributed by atoms with E-state index in [1.165, 1.54) is 24.1 Å². The number of halogens is 1. The van der Waals surface area contributed by atoms with E-state index >= 15 is 0 Å². The molecule has 1 aromatic carbocycles. The van der Waals surface area contributed by atoms with Crippen LogP contribution in [0.2, 0.25) is 0 Å².